The molecule has 0 aliphatic heterocycles. The highest BCUT2D eigenvalue weighted by Gasteiger charge is 2.34. The number of benzene rings is 2. The summed E-state index contributed by atoms with van der Waals surface area (Å²) < 4.78 is 40.2. The first-order valence-electron chi connectivity index (χ1n) is 7.22. The lowest BCUT2D eigenvalue weighted by molar-refractivity contribution is -0.136. The summed E-state index contributed by atoms with van der Waals surface area (Å²) >= 11 is 5.90. The molecule has 0 bridgehead atoms. The van der Waals surface area contributed by atoms with Crippen LogP contribution in [0, 0.1) is 0 Å². The molecule has 3 rings (SSSR count). The number of nitrogen functional groups attached to an aromatic ring is 1. The Kier molecular flexibility index (Phi) is 4.56. The first-order chi connectivity index (χ1) is 12.3. The van der Waals surface area contributed by atoms with Gasteiger partial charge in [0.05, 0.1) is 16.9 Å². The van der Waals surface area contributed by atoms with Crippen molar-refractivity contribution in [2.45, 2.75) is 6.18 Å². The van der Waals surface area contributed by atoms with Gasteiger partial charge in [0.1, 0.15) is 0 Å². The topological polar surface area (TPSA) is 85.8 Å². The monoisotopic (exact) mass is 381 g/mol. The molecule has 0 fully saturated rings. The van der Waals surface area contributed by atoms with Gasteiger partial charge in [-0.15, -0.1) is 5.10 Å². The van der Waals surface area contributed by atoms with E-state index in [9.17, 15) is 18.0 Å². The maximum Gasteiger partial charge on any atom is 0.418 e. The second kappa shape index (κ2) is 6.68. The summed E-state index contributed by atoms with van der Waals surface area (Å²) in [5, 5.41) is 10.0. The zero-order valence-electron chi connectivity index (χ0n) is 13.0. The molecule has 134 valence electrons. The summed E-state index contributed by atoms with van der Waals surface area (Å²) in [6, 6.07) is 11.1. The fourth-order valence-corrected chi connectivity index (χ4v) is 2.45. The highest BCUT2D eigenvalue weighted by atomic mass is 35.5. The van der Waals surface area contributed by atoms with Crippen molar-refractivity contribution in [1.29, 1.82) is 0 Å². The van der Waals surface area contributed by atoms with E-state index in [0.717, 1.165) is 16.8 Å². The van der Waals surface area contributed by atoms with Crippen molar-refractivity contribution < 1.29 is 18.0 Å². The molecule has 10 heteroatoms. The van der Waals surface area contributed by atoms with E-state index in [1.807, 2.05) is 0 Å². The summed E-state index contributed by atoms with van der Waals surface area (Å²) in [7, 11) is 0. The van der Waals surface area contributed by atoms with Gasteiger partial charge in [-0.1, -0.05) is 35.0 Å². The van der Waals surface area contributed by atoms with Crippen LogP contribution in [0.2, 0.25) is 5.02 Å². The van der Waals surface area contributed by atoms with Crippen LogP contribution in [-0.2, 0) is 6.18 Å². The maximum absolute atomic E-state index is 13.0. The van der Waals surface area contributed by atoms with Crippen molar-refractivity contribution in [1.82, 2.24) is 15.0 Å². The summed E-state index contributed by atoms with van der Waals surface area (Å²) in [6.07, 6.45) is -4.62. The predicted molar refractivity (Wildman–Crippen MR) is 90.2 cm³/mol. The highest BCUT2D eigenvalue weighted by molar-refractivity contribution is 6.30. The number of para-hydroxylation sites is 1. The van der Waals surface area contributed by atoms with E-state index in [4.69, 9.17) is 17.3 Å². The zero-order valence-corrected chi connectivity index (χ0v) is 13.7. The molecule has 26 heavy (non-hydrogen) atoms. The van der Waals surface area contributed by atoms with Gasteiger partial charge in [0, 0.05) is 5.02 Å². The number of alkyl halides is 3. The number of nitrogens with zero attached hydrogens (tertiary/aromatic N) is 3. The molecule has 3 N–H and O–H groups in total. The number of hydrogen-bond acceptors (Lipinski definition) is 4. The molecular formula is C16H11ClF3N5O. The molecule has 1 amide bonds. The molecule has 0 aliphatic rings. The Bertz CT molecular complexity index is 971. The third-order valence-corrected chi connectivity index (χ3v) is 3.69. The molecule has 3 aromatic rings. The molecule has 1 aromatic heterocycles. The normalized spacial score (nSPS) is 11.4. The molecule has 0 aliphatic carbocycles. The molecular weight excluding hydrogens is 371 g/mol. The van der Waals surface area contributed by atoms with Crippen LogP contribution in [0.25, 0.3) is 5.69 Å². The summed E-state index contributed by atoms with van der Waals surface area (Å²) in [5.41, 5.74) is 4.65. The van der Waals surface area contributed by atoms with Gasteiger partial charge < -0.3 is 11.1 Å². The van der Waals surface area contributed by atoms with Gasteiger partial charge in [-0.2, -0.15) is 17.9 Å². The van der Waals surface area contributed by atoms with Gasteiger partial charge in [0.2, 0.25) is 0 Å². The van der Waals surface area contributed by atoms with Gasteiger partial charge in [0.15, 0.2) is 11.5 Å². The number of carbonyl (C=O) groups excluding carboxylic acids is 1. The zero-order chi connectivity index (χ0) is 18.9. The fourth-order valence-electron chi connectivity index (χ4n) is 2.27. The molecule has 0 unspecified atom stereocenters. The van der Waals surface area contributed by atoms with E-state index in [-0.39, 0.29) is 11.5 Å². The Labute approximate surface area is 150 Å². The number of anilines is 2. The van der Waals surface area contributed by atoms with E-state index < -0.39 is 23.3 Å². The number of aromatic nitrogens is 3. The lowest BCUT2D eigenvalue weighted by Gasteiger charge is -2.12. The number of halogens is 4. The average molecular weight is 382 g/mol. The van der Waals surface area contributed by atoms with Crippen molar-refractivity contribution in [3.63, 3.8) is 0 Å². The van der Waals surface area contributed by atoms with Gasteiger partial charge >= 0.3 is 6.18 Å². The van der Waals surface area contributed by atoms with Crippen molar-refractivity contribution in [2.75, 3.05) is 11.1 Å². The standard InChI is InChI=1S/C16H11ClF3N5O/c17-9-4-3-5-10(8-9)25-14(21)13(23-24-25)15(26)22-12-7-2-1-6-11(12)16(18,19)20/h1-8H,21H2,(H,22,26). The molecule has 1 heterocycles. The molecule has 0 radical (unpaired) electrons. The Morgan fingerprint density at radius 1 is 1.15 bits per heavy atom. The van der Waals surface area contributed by atoms with Gasteiger partial charge in [-0.25, -0.2) is 0 Å². The Morgan fingerprint density at radius 2 is 1.88 bits per heavy atom. The van der Waals surface area contributed by atoms with Crippen molar-refractivity contribution >= 4 is 29.0 Å². The van der Waals surface area contributed by atoms with Crippen molar-refractivity contribution in [3.8, 4) is 5.69 Å². The summed E-state index contributed by atoms with van der Waals surface area (Å²) in [6.45, 7) is 0. The molecule has 6 nitrogen and oxygen atoms in total. The van der Waals surface area contributed by atoms with Crippen LogP contribution < -0.4 is 11.1 Å². The second-order valence-electron chi connectivity index (χ2n) is 5.21. The van der Waals surface area contributed by atoms with Crippen molar-refractivity contribution in [3.05, 3.63) is 64.8 Å². The first kappa shape index (κ1) is 17.7. The third kappa shape index (κ3) is 3.47. The lowest BCUT2D eigenvalue weighted by atomic mass is 10.1. The van der Waals surface area contributed by atoms with Gasteiger partial charge in [-0.05, 0) is 30.3 Å². The number of nitrogens with two attached hydrogens (primary N) is 1. The minimum absolute atomic E-state index is 0.130. The van der Waals surface area contributed by atoms with E-state index in [1.165, 1.54) is 12.1 Å². The Morgan fingerprint density at radius 3 is 2.58 bits per heavy atom. The third-order valence-electron chi connectivity index (χ3n) is 3.45. The minimum Gasteiger partial charge on any atom is -0.382 e. The number of carbonyl (C=O) groups is 1. The fraction of sp³-hybridized carbons (Fsp3) is 0.0625. The van der Waals surface area contributed by atoms with Crippen LogP contribution in [0.4, 0.5) is 24.7 Å². The first-order valence-corrected chi connectivity index (χ1v) is 7.60. The molecule has 0 spiro atoms. The number of hydrogen-bond donors (Lipinski definition) is 2. The SMILES string of the molecule is Nc1c(C(=O)Nc2ccccc2C(F)(F)F)nnn1-c1cccc(Cl)c1. The quantitative estimate of drug-likeness (QED) is 0.723. The maximum atomic E-state index is 13.0. The summed E-state index contributed by atoms with van der Waals surface area (Å²) in [5.74, 6) is -1.04. The number of rotatable bonds is 3. The summed E-state index contributed by atoms with van der Waals surface area (Å²) in [4.78, 5) is 12.3. The van der Waals surface area contributed by atoms with Crippen LogP contribution in [0.1, 0.15) is 16.1 Å². The van der Waals surface area contributed by atoms with E-state index >= 15 is 0 Å². The largest absolute Gasteiger partial charge is 0.418 e. The molecule has 0 atom stereocenters. The minimum atomic E-state index is -4.62. The number of amides is 1. The van der Waals surface area contributed by atoms with E-state index in [0.29, 0.717) is 10.7 Å². The van der Waals surface area contributed by atoms with Gasteiger partial charge in [0.25, 0.3) is 5.91 Å². The Balaban J connectivity index is 1.91. The molecule has 0 saturated carbocycles. The highest BCUT2D eigenvalue weighted by Crippen LogP contribution is 2.34. The van der Waals surface area contributed by atoms with Crippen LogP contribution >= 0.6 is 11.6 Å². The van der Waals surface area contributed by atoms with Crippen LogP contribution in [0.15, 0.2) is 48.5 Å². The van der Waals surface area contributed by atoms with E-state index in [2.05, 4.69) is 15.6 Å². The van der Waals surface area contributed by atoms with Crippen LogP contribution in [0.3, 0.4) is 0 Å². The van der Waals surface area contributed by atoms with E-state index in [1.54, 1.807) is 24.3 Å². The van der Waals surface area contributed by atoms with Crippen LogP contribution in [0.5, 0.6) is 0 Å². The lowest BCUT2D eigenvalue weighted by Crippen LogP contribution is -2.18. The average Bonchev–Trinajstić information content (AvgIpc) is 2.96. The predicted octanol–water partition coefficient (Wildman–Crippen LogP) is 3.77. The van der Waals surface area contributed by atoms with Gasteiger partial charge in [-0.3, -0.25) is 4.79 Å². The van der Waals surface area contributed by atoms with Crippen LogP contribution in [-0.4, -0.2) is 20.9 Å². The number of nitrogens with one attached hydrogen (secondary N) is 1. The smallest absolute Gasteiger partial charge is 0.382 e. The van der Waals surface area contributed by atoms with Crippen molar-refractivity contribution in [2.24, 2.45) is 0 Å². The second-order valence-corrected chi connectivity index (χ2v) is 5.65. The Hall–Kier alpha value is -3.07. The molecule has 0 saturated heterocycles. The molecule has 2 aromatic carbocycles.